The maximum absolute atomic E-state index is 14.7. The van der Waals surface area contributed by atoms with Crippen LogP contribution in [0.2, 0.25) is 0 Å². The summed E-state index contributed by atoms with van der Waals surface area (Å²) in [7, 11) is 0. The monoisotopic (exact) mass is 466 g/mol. The summed E-state index contributed by atoms with van der Waals surface area (Å²) in [5.74, 6) is -0.666. The summed E-state index contributed by atoms with van der Waals surface area (Å²) in [5.41, 5.74) is 1.71. The Balaban J connectivity index is 1.58. The van der Waals surface area contributed by atoms with Crippen molar-refractivity contribution in [2.45, 2.75) is 32.9 Å². The zero-order chi connectivity index (χ0) is 24.2. The van der Waals surface area contributed by atoms with Crippen molar-refractivity contribution in [1.29, 1.82) is 5.41 Å². The van der Waals surface area contributed by atoms with Gasteiger partial charge in [0.1, 0.15) is 17.3 Å². The SMILES string of the molecule is CC(C)Nc1cc(-c2nc(Nc3ccc(N4CCNC(C)C4)cn3)ncc2F)cc(F)c1C=N. The first-order valence-corrected chi connectivity index (χ1v) is 11.2. The Kier molecular flexibility index (Phi) is 6.97. The summed E-state index contributed by atoms with van der Waals surface area (Å²) in [6.07, 6.45) is 3.75. The van der Waals surface area contributed by atoms with E-state index >= 15 is 0 Å². The second-order valence-electron chi connectivity index (χ2n) is 8.58. The van der Waals surface area contributed by atoms with Gasteiger partial charge in [-0.1, -0.05) is 0 Å². The van der Waals surface area contributed by atoms with Gasteiger partial charge in [0.25, 0.3) is 0 Å². The van der Waals surface area contributed by atoms with Gasteiger partial charge >= 0.3 is 0 Å². The van der Waals surface area contributed by atoms with Gasteiger partial charge in [-0.05, 0) is 45.0 Å². The molecule has 4 rings (SSSR count). The third-order valence-corrected chi connectivity index (χ3v) is 5.46. The Morgan fingerprint density at radius 3 is 2.68 bits per heavy atom. The maximum Gasteiger partial charge on any atom is 0.229 e. The molecule has 0 spiro atoms. The summed E-state index contributed by atoms with van der Waals surface area (Å²) in [5, 5.41) is 17.0. The molecule has 2 aromatic heterocycles. The first kappa shape index (κ1) is 23.5. The molecule has 1 fully saturated rings. The molecule has 0 amide bonds. The molecule has 1 unspecified atom stereocenters. The summed E-state index contributed by atoms with van der Waals surface area (Å²) in [6, 6.07) is 6.94. The van der Waals surface area contributed by atoms with Gasteiger partial charge < -0.3 is 26.3 Å². The molecule has 0 bridgehead atoms. The molecular formula is C24H28F2N8. The zero-order valence-corrected chi connectivity index (χ0v) is 19.4. The Labute approximate surface area is 197 Å². The van der Waals surface area contributed by atoms with Gasteiger partial charge in [0.2, 0.25) is 5.95 Å². The van der Waals surface area contributed by atoms with Gasteiger partial charge in [0.05, 0.1) is 23.6 Å². The smallest absolute Gasteiger partial charge is 0.229 e. The van der Waals surface area contributed by atoms with E-state index in [1.807, 2.05) is 26.0 Å². The number of hydrogen-bond donors (Lipinski definition) is 4. The first-order valence-electron chi connectivity index (χ1n) is 11.2. The van der Waals surface area contributed by atoms with Crippen LogP contribution in [-0.4, -0.2) is 52.9 Å². The minimum Gasteiger partial charge on any atom is -0.382 e. The van der Waals surface area contributed by atoms with Crippen molar-refractivity contribution >= 4 is 29.4 Å². The van der Waals surface area contributed by atoms with Crippen LogP contribution < -0.4 is 20.9 Å². The van der Waals surface area contributed by atoms with E-state index in [1.165, 1.54) is 6.07 Å². The number of pyridine rings is 1. The number of benzene rings is 1. The lowest BCUT2D eigenvalue weighted by molar-refractivity contribution is 0.484. The summed E-state index contributed by atoms with van der Waals surface area (Å²) in [6.45, 7) is 8.66. The Morgan fingerprint density at radius 1 is 1.18 bits per heavy atom. The fraction of sp³-hybridized carbons (Fsp3) is 0.333. The molecule has 0 aliphatic carbocycles. The van der Waals surface area contributed by atoms with Crippen molar-refractivity contribution in [3.63, 3.8) is 0 Å². The molecule has 8 nitrogen and oxygen atoms in total. The molecule has 1 atom stereocenters. The largest absolute Gasteiger partial charge is 0.382 e. The van der Waals surface area contributed by atoms with Crippen LogP contribution in [0, 0.1) is 17.0 Å². The van der Waals surface area contributed by atoms with E-state index in [-0.39, 0.29) is 28.8 Å². The number of aromatic nitrogens is 3. The Bertz CT molecular complexity index is 1170. The third kappa shape index (κ3) is 5.28. The number of hydrogen-bond acceptors (Lipinski definition) is 8. The minimum absolute atomic E-state index is 0.000666. The molecule has 178 valence electrons. The van der Waals surface area contributed by atoms with Crippen LogP contribution in [-0.2, 0) is 0 Å². The van der Waals surface area contributed by atoms with Gasteiger partial charge in [-0.3, -0.25) is 0 Å². The highest BCUT2D eigenvalue weighted by Crippen LogP contribution is 2.29. The molecular weight excluding hydrogens is 438 g/mol. The Morgan fingerprint density at radius 2 is 2.00 bits per heavy atom. The average Bonchev–Trinajstić information content (AvgIpc) is 2.80. The number of nitrogens with zero attached hydrogens (tertiary/aromatic N) is 4. The molecule has 3 heterocycles. The number of rotatable bonds is 7. The number of piperazine rings is 1. The van der Waals surface area contributed by atoms with Gasteiger partial charge in [-0.2, -0.15) is 0 Å². The van der Waals surface area contributed by atoms with E-state index in [2.05, 4.69) is 42.7 Å². The van der Waals surface area contributed by atoms with Crippen LogP contribution in [0.25, 0.3) is 11.3 Å². The number of anilines is 4. The van der Waals surface area contributed by atoms with Crippen LogP contribution in [0.4, 0.5) is 31.9 Å². The van der Waals surface area contributed by atoms with Crippen LogP contribution >= 0.6 is 0 Å². The second kappa shape index (κ2) is 10.1. The van der Waals surface area contributed by atoms with Crippen LogP contribution in [0.5, 0.6) is 0 Å². The highest BCUT2D eigenvalue weighted by atomic mass is 19.1. The normalized spacial score (nSPS) is 15.9. The van der Waals surface area contributed by atoms with E-state index in [9.17, 15) is 8.78 Å². The lowest BCUT2D eigenvalue weighted by atomic mass is 10.0. The van der Waals surface area contributed by atoms with Gasteiger partial charge in [-0.25, -0.2) is 23.7 Å². The molecule has 0 radical (unpaired) electrons. The molecule has 3 aromatic rings. The second-order valence-corrected chi connectivity index (χ2v) is 8.58. The first-order chi connectivity index (χ1) is 16.3. The van der Waals surface area contributed by atoms with Crippen molar-refractivity contribution in [3.05, 3.63) is 53.9 Å². The lowest BCUT2D eigenvalue weighted by Crippen LogP contribution is -2.49. The summed E-state index contributed by atoms with van der Waals surface area (Å²) in [4.78, 5) is 15.0. The van der Waals surface area contributed by atoms with E-state index in [4.69, 9.17) is 5.41 Å². The highest BCUT2D eigenvalue weighted by Gasteiger charge is 2.18. The van der Waals surface area contributed by atoms with Gasteiger partial charge in [0.15, 0.2) is 5.82 Å². The molecule has 4 N–H and O–H groups in total. The molecule has 10 heteroatoms. The van der Waals surface area contributed by atoms with Crippen LogP contribution in [0.3, 0.4) is 0 Å². The number of halogens is 2. The molecule has 1 aliphatic rings. The predicted octanol–water partition coefficient (Wildman–Crippen LogP) is 4.18. The van der Waals surface area contributed by atoms with Gasteiger partial charge in [0, 0.05) is 49.2 Å². The van der Waals surface area contributed by atoms with Crippen molar-refractivity contribution < 1.29 is 8.78 Å². The predicted molar refractivity (Wildman–Crippen MR) is 131 cm³/mol. The fourth-order valence-electron chi connectivity index (χ4n) is 3.89. The molecule has 34 heavy (non-hydrogen) atoms. The van der Waals surface area contributed by atoms with Crippen molar-refractivity contribution in [3.8, 4) is 11.3 Å². The topological polar surface area (TPSA) is 102 Å². The van der Waals surface area contributed by atoms with E-state index < -0.39 is 11.6 Å². The highest BCUT2D eigenvalue weighted by molar-refractivity contribution is 5.88. The van der Waals surface area contributed by atoms with E-state index in [1.54, 1.807) is 12.3 Å². The fourth-order valence-corrected chi connectivity index (χ4v) is 3.89. The third-order valence-electron chi connectivity index (χ3n) is 5.46. The average molecular weight is 467 g/mol. The molecule has 1 aromatic carbocycles. The van der Waals surface area contributed by atoms with Crippen molar-refractivity contribution in [1.82, 2.24) is 20.3 Å². The summed E-state index contributed by atoms with van der Waals surface area (Å²) >= 11 is 0. The zero-order valence-electron chi connectivity index (χ0n) is 19.4. The molecule has 0 saturated carbocycles. The van der Waals surface area contributed by atoms with E-state index in [0.717, 1.165) is 37.7 Å². The van der Waals surface area contributed by atoms with Crippen LogP contribution in [0.15, 0.2) is 36.7 Å². The molecule has 1 saturated heterocycles. The summed E-state index contributed by atoms with van der Waals surface area (Å²) < 4.78 is 29.3. The lowest BCUT2D eigenvalue weighted by Gasteiger charge is -2.33. The number of nitrogens with one attached hydrogen (secondary N) is 4. The van der Waals surface area contributed by atoms with Gasteiger partial charge in [-0.15, -0.1) is 0 Å². The van der Waals surface area contributed by atoms with Crippen LogP contribution in [0.1, 0.15) is 26.3 Å². The van der Waals surface area contributed by atoms with Crippen molar-refractivity contribution in [2.24, 2.45) is 0 Å². The Hall–Kier alpha value is -3.66. The molecule has 1 aliphatic heterocycles. The standard InChI is InChI=1S/C24H28F2N8/c1-14(2)31-21-9-16(8-19(25)18(21)10-27)23-20(26)12-30-24(33-23)32-22-5-4-17(11-29-22)34-7-6-28-15(3)13-34/h4-5,8-12,14-15,27-28,31H,6-7,13H2,1-3H3,(H,29,30,32,33). The van der Waals surface area contributed by atoms with E-state index in [0.29, 0.717) is 17.5 Å². The maximum atomic E-state index is 14.7. The minimum atomic E-state index is -0.681. The van der Waals surface area contributed by atoms with Crippen molar-refractivity contribution in [2.75, 3.05) is 35.2 Å². The quantitative estimate of drug-likeness (QED) is 0.388.